The number of carbonyl (C=O) groups is 1. The van der Waals surface area contributed by atoms with Crippen LogP contribution in [0.4, 0.5) is 0 Å². The van der Waals surface area contributed by atoms with Gasteiger partial charge in [-0.3, -0.25) is 4.79 Å². The van der Waals surface area contributed by atoms with Crippen molar-refractivity contribution in [2.75, 3.05) is 6.61 Å². The lowest BCUT2D eigenvalue weighted by molar-refractivity contribution is -0.139. The van der Waals surface area contributed by atoms with Gasteiger partial charge in [0.15, 0.2) is 0 Å². The zero-order chi connectivity index (χ0) is 12.1. The van der Waals surface area contributed by atoms with Crippen LogP contribution in [0.2, 0.25) is 0 Å². The third kappa shape index (κ3) is 3.56. The summed E-state index contributed by atoms with van der Waals surface area (Å²) in [7, 11) is 0. The molecule has 0 bridgehead atoms. The van der Waals surface area contributed by atoms with Crippen molar-refractivity contribution in [3.8, 4) is 0 Å². The summed E-state index contributed by atoms with van der Waals surface area (Å²) >= 11 is 0. The number of rotatable bonds is 5. The second-order valence-corrected chi connectivity index (χ2v) is 4.60. The van der Waals surface area contributed by atoms with E-state index in [0.717, 1.165) is 19.3 Å². The lowest BCUT2D eigenvalue weighted by Gasteiger charge is -2.16. The Morgan fingerprint density at radius 3 is 2.82 bits per heavy atom. The summed E-state index contributed by atoms with van der Waals surface area (Å²) in [5, 5.41) is 3.32. The molecular weight excluding hydrogens is 214 g/mol. The summed E-state index contributed by atoms with van der Waals surface area (Å²) in [4.78, 5) is 11.3. The number of carbonyl (C=O) groups excluding carboxylic acids is 1. The minimum Gasteiger partial charge on any atom is -0.464 e. The highest BCUT2D eigenvalue weighted by molar-refractivity contribution is 5.77. The SMILES string of the molecule is CC(CCc1ccccc1)NC1CCOC1=O. The van der Waals surface area contributed by atoms with Gasteiger partial charge in [-0.1, -0.05) is 30.3 Å². The van der Waals surface area contributed by atoms with E-state index in [2.05, 4.69) is 36.5 Å². The molecule has 0 amide bonds. The van der Waals surface area contributed by atoms with Gasteiger partial charge in [-0.25, -0.2) is 0 Å². The fourth-order valence-electron chi connectivity index (χ4n) is 2.10. The first kappa shape index (κ1) is 12.1. The van der Waals surface area contributed by atoms with Gasteiger partial charge >= 0.3 is 5.97 Å². The molecule has 1 heterocycles. The first-order valence-corrected chi connectivity index (χ1v) is 6.22. The molecule has 1 saturated heterocycles. The van der Waals surface area contributed by atoms with Gasteiger partial charge in [0.2, 0.25) is 0 Å². The van der Waals surface area contributed by atoms with Gasteiger partial charge < -0.3 is 10.1 Å². The summed E-state index contributed by atoms with van der Waals surface area (Å²) in [6, 6.07) is 10.7. The number of benzene rings is 1. The predicted molar refractivity (Wildman–Crippen MR) is 66.7 cm³/mol. The Morgan fingerprint density at radius 1 is 1.41 bits per heavy atom. The first-order chi connectivity index (χ1) is 8.25. The van der Waals surface area contributed by atoms with Gasteiger partial charge in [-0.05, 0) is 25.3 Å². The Hall–Kier alpha value is -1.35. The van der Waals surface area contributed by atoms with Crippen molar-refractivity contribution in [2.45, 2.75) is 38.3 Å². The van der Waals surface area contributed by atoms with Crippen LogP contribution in [0, 0.1) is 0 Å². The number of hydrogen-bond donors (Lipinski definition) is 1. The van der Waals surface area contributed by atoms with E-state index in [1.165, 1.54) is 5.56 Å². The van der Waals surface area contributed by atoms with Crippen molar-refractivity contribution in [3.05, 3.63) is 35.9 Å². The largest absolute Gasteiger partial charge is 0.464 e. The summed E-state index contributed by atoms with van der Waals surface area (Å²) in [5.74, 6) is -0.100. The highest BCUT2D eigenvalue weighted by atomic mass is 16.5. The van der Waals surface area contributed by atoms with E-state index in [9.17, 15) is 4.79 Å². The van der Waals surface area contributed by atoms with Crippen molar-refractivity contribution in [1.29, 1.82) is 0 Å². The molecule has 1 aromatic carbocycles. The average Bonchev–Trinajstić information content (AvgIpc) is 2.74. The molecule has 0 spiro atoms. The molecule has 2 rings (SSSR count). The van der Waals surface area contributed by atoms with E-state index in [0.29, 0.717) is 12.6 Å². The van der Waals surface area contributed by atoms with E-state index in [1.54, 1.807) is 0 Å². The molecule has 2 unspecified atom stereocenters. The molecule has 0 saturated carbocycles. The first-order valence-electron chi connectivity index (χ1n) is 6.22. The molecule has 1 aliphatic heterocycles. The quantitative estimate of drug-likeness (QED) is 0.790. The minimum atomic E-state index is -0.100. The van der Waals surface area contributed by atoms with E-state index < -0.39 is 0 Å². The minimum absolute atomic E-state index is 0.0965. The maximum Gasteiger partial charge on any atom is 0.323 e. The standard InChI is InChI=1S/C14H19NO2/c1-11(15-13-9-10-17-14(13)16)7-8-12-5-3-2-4-6-12/h2-6,11,13,15H,7-10H2,1H3. The van der Waals surface area contributed by atoms with Crippen LogP contribution in [0.5, 0.6) is 0 Å². The van der Waals surface area contributed by atoms with E-state index >= 15 is 0 Å². The molecule has 1 N–H and O–H groups in total. The third-order valence-corrected chi connectivity index (χ3v) is 3.13. The Morgan fingerprint density at radius 2 is 2.18 bits per heavy atom. The Balaban J connectivity index is 1.74. The number of aryl methyl sites for hydroxylation is 1. The number of cyclic esters (lactones) is 1. The monoisotopic (exact) mass is 233 g/mol. The molecule has 17 heavy (non-hydrogen) atoms. The molecule has 1 fully saturated rings. The van der Waals surface area contributed by atoms with Crippen LogP contribution in [0.15, 0.2) is 30.3 Å². The van der Waals surface area contributed by atoms with Gasteiger partial charge in [-0.2, -0.15) is 0 Å². The number of hydrogen-bond acceptors (Lipinski definition) is 3. The maximum absolute atomic E-state index is 11.3. The molecule has 0 aromatic heterocycles. The molecule has 1 aliphatic rings. The van der Waals surface area contributed by atoms with Crippen molar-refractivity contribution in [3.63, 3.8) is 0 Å². The summed E-state index contributed by atoms with van der Waals surface area (Å²) in [6.07, 6.45) is 2.87. The predicted octanol–water partition coefficient (Wildman–Crippen LogP) is 1.91. The number of ether oxygens (including phenoxy) is 1. The average molecular weight is 233 g/mol. The normalized spacial score (nSPS) is 21.2. The lowest BCUT2D eigenvalue weighted by atomic mass is 10.1. The molecule has 2 atom stereocenters. The van der Waals surface area contributed by atoms with Crippen LogP contribution >= 0.6 is 0 Å². The van der Waals surface area contributed by atoms with Gasteiger partial charge in [0.1, 0.15) is 6.04 Å². The van der Waals surface area contributed by atoms with Gasteiger partial charge in [0.05, 0.1) is 6.61 Å². The molecule has 0 radical (unpaired) electrons. The van der Waals surface area contributed by atoms with Gasteiger partial charge in [0, 0.05) is 12.5 Å². The van der Waals surface area contributed by atoms with Crippen molar-refractivity contribution < 1.29 is 9.53 Å². The number of esters is 1. The second kappa shape index (κ2) is 5.82. The van der Waals surface area contributed by atoms with Crippen molar-refractivity contribution >= 4 is 5.97 Å². The third-order valence-electron chi connectivity index (χ3n) is 3.13. The van der Waals surface area contributed by atoms with E-state index in [-0.39, 0.29) is 12.0 Å². The van der Waals surface area contributed by atoms with Crippen LogP contribution in [0.25, 0.3) is 0 Å². The maximum atomic E-state index is 11.3. The molecule has 3 heteroatoms. The fraction of sp³-hybridized carbons (Fsp3) is 0.500. The van der Waals surface area contributed by atoms with E-state index in [1.807, 2.05) is 6.07 Å². The molecular formula is C14H19NO2. The Kier molecular flexibility index (Phi) is 4.15. The lowest BCUT2D eigenvalue weighted by Crippen LogP contribution is -2.39. The molecule has 92 valence electrons. The van der Waals surface area contributed by atoms with Crippen LogP contribution in [-0.2, 0) is 16.0 Å². The highest BCUT2D eigenvalue weighted by Gasteiger charge is 2.27. The van der Waals surface area contributed by atoms with Crippen LogP contribution in [0.3, 0.4) is 0 Å². The van der Waals surface area contributed by atoms with Crippen LogP contribution < -0.4 is 5.32 Å². The van der Waals surface area contributed by atoms with Gasteiger partial charge in [-0.15, -0.1) is 0 Å². The van der Waals surface area contributed by atoms with Crippen LogP contribution in [-0.4, -0.2) is 24.7 Å². The van der Waals surface area contributed by atoms with Crippen LogP contribution in [0.1, 0.15) is 25.3 Å². The summed E-state index contributed by atoms with van der Waals surface area (Å²) in [5.41, 5.74) is 1.34. The van der Waals surface area contributed by atoms with Gasteiger partial charge in [0.25, 0.3) is 0 Å². The van der Waals surface area contributed by atoms with Crippen molar-refractivity contribution in [1.82, 2.24) is 5.32 Å². The molecule has 1 aromatic rings. The second-order valence-electron chi connectivity index (χ2n) is 4.60. The highest BCUT2D eigenvalue weighted by Crippen LogP contribution is 2.09. The topological polar surface area (TPSA) is 38.3 Å². The van der Waals surface area contributed by atoms with E-state index in [4.69, 9.17) is 4.74 Å². The smallest absolute Gasteiger partial charge is 0.323 e. The zero-order valence-corrected chi connectivity index (χ0v) is 10.2. The Labute approximate surface area is 102 Å². The number of nitrogens with one attached hydrogen (secondary N) is 1. The molecule has 3 nitrogen and oxygen atoms in total. The van der Waals surface area contributed by atoms with Crippen molar-refractivity contribution in [2.24, 2.45) is 0 Å². The zero-order valence-electron chi connectivity index (χ0n) is 10.2. The summed E-state index contributed by atoms with van der Waals surface area (Å²) in [6.45, 7) is 2.68. The fourth-order valence-corrected chi connectivity index (χ4v) is 2.10. The molecule has 0 aliphatic carbocycles. The Bertz CT molecular complexity index is 364. The summed E-state index contributed by atoms with van der Waals surface area (Å²) < 4.78 is 4.93.